The topological polar surface area (TPSA) is 87.7 Å². The van der Waals surface area contributed by atoms with E-state index in [-0.39, 0.29) is 10.0 Å². The van der Waals surface area contributed by atoms with Crippen molar-refractivity contribution < 1.29 is 8.42 Å². The number of H-pyrrole nitrogens is 1. The number of halogens is 1. The van der Waals surface area contributed by atoms with Crippen molar-refractivity contribution in [3.63, 3.8) is 0 Å². The van der Waals surface area contributed by atoms with Crippen molar-refractivity contribution in [1.82, 2.24) is 15.2 Å². The first kappa shape index (κ1) is 10.9. The predicted octanol–water partition coefficient (Wildman–Crippen LogP) is 1.26. The molecule has 16 heavy (non-hydrogen) atoms. The summed E-state index contributed by atoms with van der Waals surface area (Å²) in [6, 6.07) is 2.87. The van der Waals surface area contributed by atoms with Crippen molar-refractivity contribution in [3.8, 4) is 0 Å². The summed E-state index contributed by atoms with van der Waals surface area (Å²) >= 11 is 5.70. The summed E-state index contributed by atoms with van der Waals surface area (Å²) < 4.78 is 26.0. The van der Waals surface area contributed by atoms with Gasteiger partial charge in [0.2, 0.25) is 0 Å². The zero-order valence-corrected chi connectivity index (χ0v) is 9.46. The lowest BCUT2D eigenvalue weighted by Crippen LogP contribution is -2.13. The Balaban J connectivity index is 2.37. The standard InChI is InChI=1S/C8H7ClN4O2S/c9-8-7(2-1-3-10-8)16(14,15)13-6-4-11-12-5-6/h1-5,13H,(H,11,12). The smallest absolute Gasteiger partial charge is 0.265 e. The summed E-state index contributed by atoms with van der Waals surface area (Å²) in [7, 11) is -3.72. The number of rotatable bonds is 3. The Morgan fingerprint density at radius 1 is 1.44 bits per heavy atom. The van der Waals surface area contributed by atoms with Gasteiger partial charge < -0.3 is 0 Å². The largest absolute Gasteiger partial charge is 0.284 e. The molecule has 8 heteroatoms. The fourth-order valence-corrected chi connectivity index (χ4v) is 2.58. The summed E-state index contributed by atoms with van der Waals surface area (Å²) in [6.07, 6.45) is 4.18. The molecule has 0 saturated heterocycles. The van der Waals surface area contributed by atoms with E-state index in [1.165, 1.54) is 30.7 Å². The lowest BCUT2D eigenvalue weighted by Gasteiger charge is -2.06. The Hall–Kier alpha value is -1.60. The number of anilines is 1. The summed E-state index contributed by atoms with van der Waals surface area (Å²) in [6.45, 7) is 0. The molecule has 2 heterocycles. The van der Waals surface area contributed by atoms with Crippen LogP contribution in [0, 0.1) is 0 Å². The highest BCUT2D eigenvalue weighted by Crippen LogP contribution is 2.20. The average molecular weight is 259 g/mol. The van der Waals surface area contributed by atoms with Crippen LogP contribution >= 0.6 is 11.6 Å². The van der Waals surface area contributed by atoms with Gasteiger partial charge in [-0.15, -0.1) is 0 Å². The van der Waals surface area contributed by atoms with Crippen LogP contribution in [-0.4, -0.2) is 23.6 Å². The SMILES string of the molecule is O=S(=O)(Nc1cn[nH]c1)c1cccnc1Cl. The molecule has 2 rings (SSSR count). The van der Waals surface area contributed by atoms with E-state index >= 15 is 0 Å². The molecule has 0 fully saturated rings. The molecule has 0 spiro atoms. The van der Waals surface area contributed by atoms with Gasteiger partial charge in [0, 0.05) is 12.4 Å². The molecule has 0 aliphatic rings. The summed E-state index contributed by atoms with van der Waals surface area (Å²) in [5.74, 6) is 0. The van der Waals surface area contributed by atoms with Gasteiger partial charge >= 0.3 is 0 Å². The molecule has 0 aliphatic heterocycles. The molecule has 0 aliphatic carbocycles. The minimum atomic E-state index is -3.72. The number of aromatic nitrogens is 3. The van der Waals surface area contributed by atoms with Crippen LogP contribution in [0.5, 0.6) is 0 Å². The number of aromatic amines is 1. The van der Waals surface area contributed by atoms with E-state index in [1.807, 2.05) is 0 Å². The molecule has 2 aromatic heterocycles. The fourth-order valence-electron chi connectivity index (χ4n) is 1.09. The van der Waals surface area contributed by atoms with Gasteiger partial charge in [0.05, 0.1) is 11.9 Å². The lowest BCUT2D eigenvalue weighted by molar-refractivity contribution is 0.601. The maximum absolute atomic E-state index is 11.8. The maximum atomic E-state index is 11.8. The summed E-state index contributed by atoms with van der Waals surface area (Å²) in [5.41, 5.74) is 0.333. The Morgan fingerprint density at radius 2 is 2.25 bits per heavy atom. The van der Waals surface area contributed by atoms with Crippen LogP contribution in [0.25, 0.3) is 0 Å². The minimum absolute atomic E-state index is 0.0708. The molecule has 0 saturated carbocycles. The van der Waals surface area contributed by atoms with Crippen molar-refractivity contribution in [1.29, 1.82) is 0 Å². The van der Waals surface area contributed by atoms with E-state index in [4.69, 9.17) is 11.6 Å². The molecule has 6 nitrogen and oxygen atoms in total. The second kappa shape index (κ2) is 4.11. The van der Waals surface area contributed by atoms with Gasteiger partial charge in [0.15, 0.2) is 0 Å². The molecule has 0 aromatic carbocycles. The monoisotopic (exact) mass is 258 g/mol. The van der Waals surface area contributed by atoms with Gasteiger partial charge in [-0.2, -0.15) is 5.10 Å². The van der Waals surface area contributed by atoms with Crippen LogP contribution < -0.4 is 4.72 Å². The van der Waals surface area contributed by atoms with E-state index in [1.54, 1.807) is 0 Å². The molecular formula is C8H7ClN4O2S. The maximum Gasteiger partial charge on any atom is 0.265 e. The van der Waals surface area contributed by atoms with E-state index in [2.05, 4.69) is 19.9 Å². The first-order valence-electron chi connectivity index (χ1n) is 4.22. The highest BCUT2D eigenvalue weighted by molar-refractivity contribution is 7.92. The van der Waals surface area contributed by atoms with Crippen molar-refractivity contribution in [2.24, 2.45) is 0 Å². The van der Waals surface area contributed by atoms with Crippen molar-refractivity contribution in [2.45, 2.75) is 4.90 Å². The number of sulfonamides is 1. The van der Waals surface area contributed by atoms with Crippen LogP contribution in [0.15, 0.2) is 35.6 Å². The van der Waals surface area contributed by atoms with Gasteiger partial charge in [-0.25, -0.2) is 13.4 Å². The molecule has 0 atom stereocenters. The molecule has 0 bridgehead atoms. The number of nitrogens with one attached hydrogen (secondary N) is 2. The third-order valence-electron chi connectivity index (χ3n) is 1.76. The van der Waals surface area contributed by atoms with Gasteiger partial charge in [-0.1, -0.05) is 11.6 Å². The first-order chi connectivity index (χ1) is 7.59. The second-order valence-electron chi connectivity index (χ2n) is 2.88. The molecule has 0 amide bonds. The molecular weight excluding hydrogens is 252 g/mol. The zero-order chi connectivity index (χ0) is 11.6. The van der Waals surface area contributed by atoms with Gasteiger partial charge in [-0.05, 0) is 12.1 Å². The lowest BCUT2D eigenvalue weighted by atomic mass is 10.5. The van der Waals surface area contributed by atoms with E-state index in [0.717, 1.165) is 0 Å². The molecule has 2 aromatic rings. The van der Waals surface area contributed by atoms with Crippen LogP contribution in [0.1, 0.15) is 0 Å². The van der Waals surface area contributed by atoms with E-state index < -0.39 is 10.0 Å². The van der Waals surface area contributed by atoms with E-state index in [9.17, 15) is 8.42 Å². The average Bonchev–Trinajstić information content (AvgIpc) is 2.70. The van der Waals surface area contributed by atoms with Crippen LogP contribution in [0.4, 0.5) is 5.69 Å². The van der Waals surface area contributed by atoms with Crippen molar-refractivity contribution in [3.05, 3.63) is 35.9 Å². The first-order valence-corrected chi connectivity index (χ1v) is 6.08. The summed E-state index contributed by atoms with van der Waals surface area (Å²) in [4.78, 5) is 3.63. The highest BCUT2D eigenvalue weighted by Gasteiger charge is 2.18. The molecule has 0 radical (unpaired) electrons. The van der Waals surface area contributed by atoms with Gasteiger partial charge in [0.1, 0.15) is 10.0 Å². The van der Waals surface area contributed by atoms with E-state index in [0.29, 0.717) is 5.69 Å². The predicted molar refractivity (Wildman–Crippen MR) is 58.6 cm³/mol. The number of hydrogen-bond acceptors (Lipinski definition) is 4. The number of pyridine rings is 1. The third-order valence-corrected chi connectivity index (χ3v) is 3.59. The summed E-state index contributed by atoms with van der Waals surface area (Å²) in [5, 5.41) is 6.04. The Labute approximate surface area is 96.7 Å². The van der Waals surface area contributed by atoms with Gasteiger partial charge in [0.25, 0.3) is 10.0 Å². The Morgan fingerprint density at radius 3 is 2.88 bits per heavy atom. The quantitative estimate of drug-likeness (QED) is 0.812. The van der Waals surface area contributed by atoms with Crippen molar-refractivity contribution >= 4 is 27.3 Å². The zero-order valence-electron chi connectivity index (χ0n) is 7.88. The third kappa shape index (κ3) is 2.15. The van der Waals surface area contributed by atoms with Crippen molar-refractivity contribution in [2.75, 3.05) is 4.72 Å². The Bertz CT molecular complexity index is 582. The number of nitrogens with zero attached hydrogens (tertiary/aromatic N) is 2. The fraction of sp³-hybridized carbons (Fsp3) is 0. The minimum Gasteiger partial charge on any atom is -0.284 e. The Kier molecular flexibility index (Phi) is 2.80. The normalized spacial score (nSPS) is 11.3. The van der Waals surface area contributed by atoms with Gasteiger partial charge in [-0.3, -0.25) is 9.82 Å². The van der Waals surface area contributed by atoms with Crippen LogP contribution in [-0.2, 0) is 10.0 Å². The highest BCUT2D eigenvalue weighted by atomic mass is 35.5. The van der Waals surface area contributed by atoms with Crippen LogP contribution in [0.3, 0.4) is 0 Å². The molecule has 0 unspecified atom stereocenters. The molecule has 84 valence electrons. The van der Waals surface area contributed by atoms with Crippen LogP contribution in [0.2, 0.25) is 5.15 Å². The molecule has 2 N–H and O–H groups in total. The number of hydrogen-bond donors (Lipinski definition) is 2. The second-order valence-corrected chi connectivity index (χ2v) is 4.89.